The van der Waals surface area contributed by atoms with E-state index in [1.165, 1.54) is 12.3 Å². The molecule has 4 heteroatoms. The Morgan fingerprint density at radius 2 is 1.75 bits per heavy atom. The van der Waals surface area contributed by atoms with Crippen molar-refractivity contribution >= 4 is 11.6 Å². The molecule has 0 spiro atoms. The van der Waals surface area contributed by atoms with Crippen molar-refractivity contribution in [2.75, 3.05) is 5.32 Å². The molecule has 3 aromatic rings. The Morgan fingerprint density at radius 3 is 2.50 bits per heavy atom. The Balaban J connectivity index is 1.83. The molecule has 0 unspecified atom stereocenters. The quantitative estimate of drug-likeness (QED) is 0.786. The average Bonchev–Trinajstić information content (AvgIpc) is 3.03. The normalized spacial score (nSPS) is 10.2. The highest BCUT2D eigenvalue weighted by molar-refractivity contribution is 6.02. The third-order valence-electron chi connectivity index (χ3n) is 2.89. The number of anilines is 1. The monoisotopic (exact) mass is 264 g/mol. The van der Waals surface area contributed by atoms with Gasteiger partial charge in [-0.1, -0.05) is 47.6 Å². The van der Waals surface area contributed by atoms with Gasteiger partial charge in [-0.25, -0.2) is 0 Å². The summed E-state index contributed by atoms with van der Waals surface area (Å²) >= 11 is 0. The third-order valence-corrected chi connectivity index (χ3v) is 2.89. The number of amides is 1. The zero-order valence-electron chi connectivity index (χ0n) is 10.6. The van der Waals surface area contributed by atoms with E-state index in [-0.39, 0.29) is 11.7 Å². The van der Waals surface area contributed by atoms with Crippen LogP contribution in [0.4, 0.5) is 5.69 Å². The fourth-order valence-electron chi connectivity index (χ4n) is 1.93. The molecule has 0 aliphatic heterocycles. The van der Waals surface area contributed by atoms with Crippen LogP contribution >= 0.6 is 0 Å². The molecular weight excluding hydrogens is 252 g/mol. The molecule has 1 amide bonds. The van der Waals surface area contributed by atoms with E-state index in [4.69, 9.17) is 4.52 Å². The molecule has 3 rings (SSSR count). The van der Waals surface area contributed by atoms with Crippen LogP contribution in [0.25, 0.3) is 11.1 Å². The molecule has 4 nitrogen and oxygen atoms in total. The number of carbonyl (C=O) groups excluding carboxylic acids is 1. The lowest BCUT2D eigenvalue weighted by atomic mass is 10.1. The van der Waals surface area contributed by atoms with Crippen molar-refractivity contribution < 1.29 is 9.32 Å². The zero-order chi connectivity index (χ0) is 13.8. The minimum Gasteiger partial charge on any atom is -0.351 e. The zero-order valence-corrected chi connectivity index (χ0v) is 10.6. The summed E-state index contributed by atoms with van der Waals surface area (Å²) in [6.07, 6.45) is 1.44. The molecule has 1 aromatic heterocycles. The van der Waals surface area contributed by atoms with E-state index in [1.54, 1.807) is 0 Å². The second kappa shape index (κ2) is 5.40. The molecule has 98 valence electrons. The fraction of sp³-hybridized carbons (Fsp3) is 0. The second-order valence-corrected chi connectivity index (χ2v) is 4.28. The molecule has 0 fully saturated rings. The molecule has 0 aliphatic rings. The predicted octanol–water partition coefficient (Wildman–Crippen LogP) is 3.59. The summed E-state index contributed by atoms with van der Waals surface area (Å²) < 4.78 is 4.82. The number of hydrogen-bond acceptors (Lipinski definition) is 3. The molecule has 0 aliphatic carbocycles. The van der Waals surface area contributed by atoms with Crippen LogP contribution in [0.15, 0.2) is 71.4 Å². The predicted molar refractivity (Wildman–Crippen MR) is 76.3 cm³/mol. The molecule has 20 heavy (non-hydrogen) atoms. The number of carbonyl (C=O) groups is 1. The van der Waals surface area contributed by atoms with Gasteiger partial charge in [-0.05, 0) is 23.3 Å². The van der Waals surface area contributed by atoms with Gasteiger partial charge in [0.25, 0.3) is 5.91 Å². The molecule has 0 radical (unpaired) electrons. The maximum Gasteiger partial charge on any atom is 0.294 e. The van der Waals surface area contributed by atoms with Gasteiger partial charge in [-0.2, -0.15) is 0 Å². The van der Waals surface area contributed by atoms with Crippen molar-refractivity contribution in [3.05, 3.63) is 72.6 Å². The first-order valence-corrected chi connectivity index (χ1v) is 6.20. The molecule has 0 saturated heterocycles. The first-order chi connectivity index (χ1) is 9.83. The molecule has 0 bridgehead atoms. The van der Waals surface area contributed by atoms with Gasteiger partial charge in [-0.3, -0.25) is 4.79 Å². The topological polar surface area (TPSA) is 55.1 Å². The van der Waals surface area contributed by atoms with Crippen LogP contribution in [0.2, 0.25) is 0 Å². The first kappa shape index (κ1) is 12.2. The van der Waals surface area contributed by atoms with Gasteiger partial charge in [0.15, 0.2) is 0 Å². The molecule has 1 N–H and O–H groups in total. The maximum atomic E-state index is 11.9. The SMILES string of the molecule is O=C(Nc1cccc(-c2ccccc2)c1)c1ccno1. The Bertz CT molecular complexity index is 706. The molecule has 0 atom stereocenters. The number of benzene rings is 2. The lowest BCUT2D eigenvalue weighted by Crippen LogP contribution is -2.10. The van der Waals surface area contributed by atoms with Gasteiger partial charge in [-0.15, -0.1) is 0 Å². The van der Waals surface area contributed by atoms with E-state index in [9.17, 15) is 4.79 Å². The average molecular weight is 264 g/mol. The van der Waals surface area contributed by atoms with Gasteiger partial charge in [0.05, 0.1) is 6.20 Å². The third kappa shape index (κ3) is 2.59. The first-order valence-electron chi connectivity index (χ1n) is 6.20. The van der Waals surface area contributed by atoms with E-state index in [0.717, 1.165) is 11.1 Å². The minimum absolute atomic E-state index is 0.190. The highest BCUT2D eigenvalue weighted by atomic mass is 16.5. The van der Waals surface area contributed by atoms with E-state index in [2.05, 4.69) is 10.5 Å². The van der Waals surface area contributed by atoms with Crippen molar-refractivity contribution in [3.8, 4) is 11.1 Å². The van der Waals surface area contributed by atoms with Crippen LogP contribution in [0.1, 0.15) is 10.6 Å². The lowest BCUT2D eigenvalue weighted by Gasteiger charge is -2.06. The molecule has 1 heterocycles. The fourth-order valence-corrected chi connectivity index (χ4v) is 1.93. The minimum atomic E-state index is -0.312. The summed E-state index contributed by atoms with van der Waals surface area (Å²) in [5, 5.41) is 6.30. The number of nitrogens with one attached hydrogen (secondary N) is 1. The summed E-state index contributed by atoms with van der Waals surface area (Å²) in [4.78, 5) is 11.9. The van der Waals surface area contributed by atoms with Crippen molar-refractivity contribution in [2.24, 2.45) is 0 Å². The standard InChI is InChI=1S/C16H12N2O2/c19-16(15-9-10-17-20-15)18-14-8-4-7-13(11-14)12-5-2-1-3-6-12/h1-11H,(H,18,19). The highest BCUT2D eigenvalue weighted by Gasteiger charge is 2.10. The number of hydrogen-bond donors (Lipinski definition) is 1. The van der Waals surface area contributed by atoms with E-state index < -0.39 is 0 Å². The van der Waals surface area contributed by atoms with Crippen LogP contribution in [0.3, 0.4) is 0 Å². The summed E-state index contributed by atoms with van der Waals surface area (Å²) in [6.45, 7) is 0. The van der Waals surface area contributed by atoms with Crippen LogP contribution < -0.4 is 5.32 Å². The number of nitrogens with zero attached hydrogens (tertiary/aromatic N) is 1. The van der Waals surface area contributed by atoms with Crippen LogP contribution in [-0.2, 0) is 0 Å². The smallest absolute Gasteiger partial charge is 0.294 e. The van der Waals surface area contributed by atoms with Gasteiger partial charge in [0, 0.05) is 11.8 Å². The van der Waals surface area contributed by atoms with Gasteiger partial charge in [0.2, 0.25) is 5.76 Å². The summed E-state index contributed by atoms with van der Waals surface area (Å²) in [7, 11) is 0. The van der Waals surface area contributed by atoms with Crippen LogP contribution in [0.5, 0.6) is 0 Å². The van der Waals surface area contributed by atoms with Gasteiger partial charge < -0.3 is 9.84 Å². The van der Waals surface area contributed by atoms with Crippen LogP contribution in [0, 0.1) is 0 Å². The Hall–Kier alpha value is -2.88. The molecule has 0 saturated carbocycles. The highest BCUT2D eigenvalue weighted by Crippen LogP contribution is 2.22. The summed E-state index contributed by atoms with van der Waals surface area (Å²) in [6, 6.07) is 19.2. The number of rotatable bonds is 3. The van der Waals surface area contributed by atoms with Crippen molar-refractivity contribution in [1.82, 2.24) is 5.16 Å². The van der Waals surface area contributed by atoms with Crippen LogP contribution in [-0.4, -0.2) is 11.1 Å². The lowest BCUT2D eigenvalue weighted by molar-refractivity contribution is 0.0988. The van der Waals surface area contributed by atoms with E-state index in [1.807, 2.05) is 54.6 Å². The second-order valence-electron chi connectivity index (χ2n) is 4.28. The molecular formula is C16H12N2O2. The Kier molecular flexibility index (Phi) is 3.29. The van der Waals surface area contributed by atoms with Crippen molar-refractivity contribution in [1.29, 1.82) is 0 Å². The van der Waals surface area contributed by atoms with Gasteiger partial charge in [0.1, 0.15) is 0 Å². The largest absolute Gasteiger partial charge is 0.351 e. The summed E-state index contributed by atoms with van der Waals surface area (Å²) in [5.41, 5.74) is 2.86. The Morgan fingerprint density at radius 1 is 0.950 bits per heavy atom. The number of aromatic nitrogens is 1. The molecule has 2 aromatic carbocycles. The maximum absolute atomic E-state index is 11.9. The van der Waals surface area contributed by atoms with Crippen molar-refractivity contribution in [2.45, 2.75) is 0 Å². The Labute approximate surface area is 116 Å². The van der Waals surface area contributed by atoms with E-state index >= 15 is 0 Å². The van der Waals surface area contributed by atoms with E-state index in [0.29, 0.717) is 5.69 Å². The van der Waals surface area contributed by atoms with Crippen molar-refractivity contribution in [3.63, 3.8) is 0 Å². The van der Waals surface area contributed by atoms with Gasteiger partial charge >= 0.3 is 0 Å². The summed E-state index contributed by atoms with van der Waals surface area (Å²) in [5.74, 6) is -0.122.